The molecule has 1 aromatic carbocycles. The molecule has 5 heteroatoms. The summed E-state index contributed by atoms with van der Waals surface area (Å²) in [5.74, 6) is 0.00690. The van der Waals surface area contributed by atoms with Crippen LogP contribution in [-0.2, 0) is 22.3 Å². The van der Waals surface area contributed by atoms with E-state index in [-0.39, 0.29) is 17.2 Å². The van der Waals surface area contributed by atoms with Gasteiger partial charge < -0.3 is 5.73 Å². The molecule has 112 valence electrons. The molecule has 0 aromatic heterocycles. The first kappa shape index (κ1) is 15.5. The number of nitrogens with one attached hydrogen (secondary N) is 1. The van der Waals surface area contributed by atoms with Gasteiger partial charge >= 0.3 is 0 Å². The van der Waals surface area contributed by atoms with Crippen LogP contribution in [0.3, 0.4) is 0 Å². The molecule has 4 nitrogen and oxygen atoms in total. The Morgan fingerprint density at radius 2 is 1.95 bits per heavy atom. The Morgan fingerprint density at radius 1 is 1.30 bits per heavy atom. The van der Waals surface area contributed by atoms with Crippen molar-refractivity contribution >= 4 is 10.0 Å². The maximum absolute atomic E-state index is 12.4. The Labute approximate surface area is 121 Å². The summed E-state index contributed by atoms with van der Waals surface area (Å²) in [6.07, 6.45) is 3.07. The van der Waals surface area contributed by atoms with E-state index < -0.39 is 10.0 Å². The average molecular weight is 296 g/mol. The van der Waals surface area contributed by atoms with Gasteiger partial charge in [-0.25, -0.2) is 13.1 Å². The Morgan fingerprint density at radius 3 is 2.50 bits per heavy atom. The minimum Gasteiger partial charge on any atom is -0.326 e. The lowest BCUT2D eigenvalue weighted by Crippen LogP contribution is -2.42. The van der Waals surface area contributed by atoms with Crippen LogP contribution in [0.15, 0.2) is 24.3 Å². The molecule has 1 aliphatic rings. The Hall–Kier alpha value is -0.910. The normalized spacial score (nSPS) is 22.1. The molecule has 1 aliphatic carbocycles. The van der Waals surface area contributed by atoms with Gasteiger partial charge in [0.1, 0.15) is 0 Å². The highest BCUT2D eigenvalue weighted by molar-refractivity contribution is 7.88. The lowest BCUT2D eigenvalue weighted by molar-refractivity contribution is 0.313. The van der Waals surface area contributed by atoms with Gasteiger partial charge in [0.2, 0.25) is 10.0 Å². The highest BCUT2D eigenvalue weighted by Crippen LogP contribution is 2.37. The van der Waals surface area contributed by atoms with Crippen molar-refractivity contribution in [1.82, 2.24) is 4.72 Å². The number of benzene rings is 1. The van der Waals surface area contributed by atoms with Gasteiger partial charge in [0.25, 0.3) is 0 Å². The summed E-state index contributed by atoms with van der Waals surface area (Å²) in [5, 5.41) is 0. The van der Waals surface area contributed by atoms with Crippen LogP contribution < -0.4 is 10.5 Å². The number of hydrogen-bond donors (Lipinski definition) is 2. The highest BCUT2D eigenvalue weighted by Gasteiger charge is 2.36. The topological polar surface area (TPSA) is 72.2 Å². The molecule has 0 heterocycles. The van der Waals surface area contributed by atoms with Crippen LogP contribution in [0.25, 0.3) is 0 Å². The zero-order valence-electron chi connectivity index (χ0n) is 12.2. The molecule has 3 N–H and O–H groups in total. The molecule has 0 spiro atoms. The van der Waals surface area contributed by atoms with Crippen LogP contribution in [0.1, 0.15) is 44.2 Å². The Kier molecular flexibility index (Phi) is 4.52. The zero-order chi connectivity index (χ0) is 14.8. The van der Waals surface area contributed by atoms with Crippen LogP contribution in [0.2, 0.25) is 0 Å². The summed E-state index contributed by atoms with van der Waals surface area (Å²) in [6, 6.07) is 7.48. The van der Waals surface area contributed by atoms with Crippen molar-refractivity contribution in [3.63, 3.8) is 0 Å². The molecule has 1 unspecified atom stereocenters. The number of sulfonamides is 1. The van der Waals surface area contributed by atoms with E-state index >= 15 is 0 Å². The van der Waals surface area contributed by atoms with E-state index in [2.05, 4.69) is 18.6 Å². The minimum absolute atomic E-state index is 0.00690. The van der Waals surface area contributed by atoms with Crippen LogP contribution in [0, 0.1) is 5.41 Å². The molecule has 20 heavy (non-hydrogen) atoms. The number of nitrogens with two attached hydrogens (primary N) is 1. The summed E-state index contributed by atoms with van der Waals surface area (Å²) in [7, 11) is -3.33. The predicted octanol–water partition coefficient (Wildman–Crippen LogP) is 2.14. The fourth-order valence-electron chi connectivity index (χ4n) is 2.91. The van der Waals surface area contributed by atoms with Gasteiger partial charge in [0, 0.05) is 12.6 Å². The Balaban J connectivity index is 2.12. The molecular weight excluding hydrogens is 272 g/mol. The van der Waals surface area contributed by atoms with E-state index in [1.807, 2.05) is 24.3 Å². The molecular formula is C15H24N2O2S. The molecule has 1 aromatic rings. The summed E-state index contributed by atoms with van der Waals surface area (Å²) in [5.41, 5.74) is 7.39. The maximum atomic E-state index is 12.4. The van der Waals surface area contributed by atoms with E-state index in [0.717, 1.165) is 30.4 Å². The molecule has 0 aliphatic heterocycles. The largest absolute Gasteiger partial charge is 0.326 e. The lowest BCUT2D eigenvalue weighted by atomic mass is 9.88. The molecule has 0 amide bonds. The monoisotopic (exact) mass is 296 g/mol. The second-order valence-electron chi connectivity index (χ2n) is 6.28. The van der Waals surface area contributed by atoms with E-state index in [1.54, 1.807) is 0 Å². The summed E-state index contributed by atoms with van der Waals surface area (Å²) in [4.78, 5) is 0. The van der Waals surface area contributed by atoms with Crippen molar-refractivity contribution in [3.8, 4) is 0 Å². The predicted molar refractivity (Wildman–Crippen MR) is 81.5 cm³/mol. The third-order valence-corrected chi connectivity index (χ3v) is 5.60. The maximum Gasteiger partial charge on any atom is 0.216 e. The van der Waals surface area contributed by atoms with Crippen molar-refractivity contribution in [3.05, 3.63) is 35.4 Å². The van der Waals surface area contributed by atoms with E-state index in [9.17, 15) is 8.42 Å². The molecule has 2 rings (SSSR count). The third kappa shape index (κ3) is 3.59. The first-order chi connectivity index (χ1) is 9.34. The fourth-order valence-corrected chi connectivity index (χ4v) is 4.55. The first-order valence-electron chi connectivity index (χ1n) is 7.11. The second-order valence-corrected chi connectivity index (χ2v) is 8.04. The van der Waals surface area contributed by atoms with Crippen molar-refractivity contribution < 1.29 is 8.42 Å². The first-order valence-corrected chi connectivity index (χ1v) is 8.76. The smallest absolute Gasteiger partial charge is 0.216 e. The fraction of sp³-hybridized carbons (Fsp3) is 0.600. The molecule has 1 saturated carbocycles. The van der Waals surface area contributed by atoms with Crippen LogP contribution in [0.5, 0.6) is 0 Å². The van der Waals surface area contributed by atoms with Crippen molar-refractivity contribution in [1.29, 1.82) is 0 Å². The molecule has 0 bridgehead atoms. The summed E-state index contributed by atoms with van der Waals surface area (Å²) >= 11 is 0. The van der Waals surface area contributed by atoms with E-state index in [4.69, 9.17) is 5.73 Å². The molecule has 1 atom stereocenters. The van der Waals surface area contributed by atoms with Gasteiger partial charge in [-0.15, -0.1) is 0 Å². The molecule has 1 fully saturated rings. The van der Waals surface area contributed by atoms with Crippen molar-refractivity contribution in [2.24, 2.45) is 11.1 Å². The zero-order valence-corrected chi connectivity index (χ0v) is 13.0. The van der Waals surface area contributed by atoms with Gasteiger partial charge in [0.15, 0.2) is 0 Å². The summed E-state index contributed by atoms with van der Waals surface area (Å²) < 4.78 is 27.6. The standard InChI is InChI=1S/C15H24N2O2S/c1-15(2)9-5-8-14(15)17-20(18,19)11-13-7-4-3-6-12(13)10-16/h3-4,6-7,14,17H,5,8-11,16H2,1-2H3. The quantitative estimate of drug-likeness (QED) is 0.874. The van der Waals surface area contributed by atoms with E-state index in [0.29, 0.717) is 6.54 Å². The van der Waals surface area contributed by atoms with Gasteiger partial charge in [-0.2, -0.15) is 0 Å². The van der Waals surface area contributed by atoms with Crippen LogP contribution in [-0.4, -0.2) is 14.5 Å². The second kappa shape index (κ2) is 5.84. The number of hydrogen-bond acceptors (Lipinski definition) is 3. The molecule has 0 radical (unpaired) electrons. The van der Waals surface area contributed by atoms with Gasteiger partial charge in [-0.1, -0.05) is 44.5 Å². The number of rotatable bonds is 5. The van der Waals surface area contributed by atoms with Crippen molar-refractivity contribution in [2.75, 3.05) is 0 Å². The Bertz CT molecular complexity index is 567. The van der Waals surface area contributed by atoms with Gasteiger partial charge in [-0.3, -0.25) is 0 Å². The van der Waals surface area contributed by atoms with Crippen molar-refractivity contribution in [2.45, 2.75) is 51.4 Å². The van der Waals surface area contributed by atoms with Gasteiger partial charge in [0.05, 0.1) is 5.75 Å². The van der Waals surface area contributed by atoms with E-state index in [1.165, 1.54) is 0 Å². The third-order valence-electron chi connectivity index (χ3n) is 4.26. The minimum atomic E-state index is -3.33. The van der Waals surface area contributed by atoms with Crippen LogP contribution in [0.4, 0.5) is 0 Å². The SMILES string of the molecule is CC1(C)CCCC1NS(=O)(=O)Cc1ccccc1CN. The van der Waals surface area contributed by atoms with Crippen LogP contribution >= 0.6 is 0 Å². The van der Waals surface area contributed by atoms with Gasteiger partial charge in [-0.05, 0) is 29.4 Å². The average Bonchev–Trinajstić information content (AvgIpc) is 2.68. The summed E-state index contributed by atoms with van der Waals surface area (Å²) in [6.45, 7) is 4.61. The lowest BCUT2D eigenvalue weighted by Gasteiger charge is -2.27. The molecule has 0 saturated heterocycles. The highest BCUT2D eigenvalue weighted by atomic mass is 32.2.